The molecule has 5 nitrogen and oxygen atoms in total. The molecule has 0 saturated carbocycles. The molecular formula is C20H19N3O2. The molecule has 0 spiro atoms. The Morgan fingerprint density at radius 3 is 2.60 bits per heavy atom. The lowest BCUT2D eigenvalue weighted by atomic mass is 10.1. The van der Waals surface area contributed by atoms with Crippen LogP contribution in [0, 0.1) is 0 Å². The summed E-state index contributed by atoms with van der Waals surface area (Å²) in [4.78, 5) is 31.9. The van der Waals surface area contributed by atoms with Gasteiger partial charge in [-0.1, -0.05) is 18.2 Å². The number of rotatable bonds is 1. The van der Waals surface area contributed by atoms with E-state index in [2.05, 4.69) is 4.98 Å². The number of fused-ring (bicyclic) bond motifs is 2. The van der Waals surface area contributed by atoms with E-state index in [4.69, 9.17) is 0 Å². The highest BCUT2D eigenvalue weighted by atomic mass is 16.2. The Bertz CT molecular complexity index is 976. The molecule has 2 aromatic carbocycles. The zero-order valence-electron chi connectivity index (χ0n) is 14.2. The number of nitrogens with zero attached hydrogens (tertiary/aromatic N) is 2. The maximum atomic E-state index is 13.2. The summed E-state index contributed by atoms with van der Waals surface area (Å²) >= 11 is 0. The molecule has 126 valence electrons. The van der Waals surface area contributed by atoms with Crippen LogP contribution in [0.3, 0.4) is 0 Å². The molecular weight excluding hydrogens is 314 g/mol. The topological polar surface area (TPSA) is 56.4 Å². The first-order valence-corrected chi connectivity index (χ1v) is 8.34. The van der Waals surface area contributed by atoms with Gasteiger partial charge in [-0.05, 0) is 42.6 Å². The van der Waals surface area contributed by atoms with Crippen LogP contribution in [-0.2, 0) is 4.79 Å². The molecule has 0 bridgehead atoms. The molecule has 1 aromatic heterocycles. The van der Waals surface area contributed by atoms with Gasteiger partial charge in [0.15, 0.2) is 0 Å². The van der Waals surface area contributed by atoms with Crippen molar-refractivity contribution in [2.45, 2.75) is 19.9 Å². The van der Waals surface area contributed by atoms with E-state index >= 15 is 0 Å². The number of nitrogens with one attached hydrogen (secondary N) is 1. The predicted molar refractivity (Wildman–Crippen MR) is 99.0 cm³/mol. The fourth-order valence-electron chi connectivity index (χ4n) is 3.59. The summed E-state index contributed by atoms with van der Waals surface area (Å²) in [5, 5.41) is 1.08. The summed E-state index contributed by atoms with van der Waals surface area (Å²) in [5.41, 5.74) is 3.12. The van der Waals surface area contributed by atoms with E-state index < -0.39 is 0 Å². The summed E-state index contributed by atoms with van der Waals surface area (Å²) in [6.45, 7) is 3.99. The van der Waals surface area contributed by atoms with Crippen LogP contribution in [0.1, 0.15) is 24.2 Å². The third kappa shape index (κ3) is 2.48. The number of anilines is 2. The van der Waals surface area contributed by atoms with Crippen molar-refractivity contribution < 1.29 is 9.59 Å². The molecule has 3 aromatic rings. The second-order valence-corrected chi connectivity index (χ2v) is 6.42. The Labute approximate surface area is 145 Å². The van der Waals surface area contributed by atoms with Crippen molar-refractivity contribution in [3.05, 3.63) is 60.3 Å². The van der Waals surface area contributed by atoms with E-state index in [0.29, 0.717) is 12.1 Å². The van der Waals surface area contributed by atoms with E-state index in [1.54, 1.807) is 16.7 Å². The SMILES string of the molecule is CC(=O)N1c2ccccc2N(C(=O)c2ccc3cc[nH]c3c2)C[C@@H]1C. The normalized spacial score (nSPS) is 16.8. The average Bonchev–Trinajstić information content (AvgIpc) is 3.07. The van der Waals surface area contributed by atoms with Gasteiger partial charge in [0.05, 0.1) is 17.4 Å². The molecule has 0 saturated heterocycles. The quantitative estimate of drug-likeness (QED) is 0.740. The van der Waals surface area contributed by atoms with Crippen molar-refractivity contribution in [3.8, 4) is 0 Å². The van der Waals surface area contributed by atoms with Gasteiger partial charge in [-0.3, -0.25) is 9.59 Å². The predicted octanol–water partition coefficient (Wildman–Crippen LogP) is 3.57. The van der Waals surface area contributed by atoms with Crippen molar-refractivity contribution >= 4 is 34.1 Å². The van der Waals surface area contributed by atoms with Crippen LogP contribution in [-0.4, -0.2) is 29.4 Å². The van der Waals surface area contributed by atoms with Crippen LogP contribution in [0.25, 0.3) is 10.9 Å². The number of aromatic amines is 1. The number of benzene rings is 2. The largest absolute Gasteiger partial charge is 0.361 e. The Morgan fingerprint density at radius 2 is 1.84 bits per heavy atom. The molecule has 2 heterocycles. The molecule has 0 aliphatic carbocycles. The van der Waals surface area contributed by atoms with Crippen LogP contribution in [0.2, 0.25) is 0 Å². The van der Waals surface area contributed by atoms with Gasteiger partial charge in [0.2, 0.25) is 5.91 Å². The molecule has 5 heteroatoms. The lowest BCUT2D eigenvalue weighted by Gasteiger charge is -2.40. The minimum Gasteiger partial charge on any atom is -0.361 e. The van der Waals surface area contributed by atoms with Crippen LogP contribution >= 0.6 is 0 Å². The molecule has 1 atom stereocenters. The second-order valence-electron chi connectivity index (χ2n) is 6.42. The third-order valence-corrected chi connectivity index (χ3v) is 4.71. The fraction of sp³-hybridized carbons (Fsp3) is 0.200. The van der Waals surface area contributed by atoms with Crippen LogP contribution in [0.5, 0.6) is 0 Å². The minimum absolute atomic E-state index is 0.0140. The minimum atomic E-state index is -0.0782. The highest BCUT2D eigenvalue weighted by Gasteiger charge is 2.33. The fourth-order valence-corrected chi connectivity index (χ4v) is 3.59. The highest BCUT2D eigenvalue weighted by Crippen LogP contribution is 2.36. The molecule has 25 heavy (non-hydrogen) atoms. The maximum absolute atomic E-state index is 13.2. The summed E-state index contributed by atoms with van der Waals surface area (Å²) in [7, 11) is 0. The smallest absolute Gasteiger partial charge is 0.258 e. The average molecular weight is 333 g/mol. The van der Waals surface area contributed by atoms with Crippen molar-refractivity contribution in [1.82, 2.24) is 4.98 Å². The number of hydrogen-bond acceptors (Lipinski definition) is 2. The Hall–Kier alpha value is -3.08. The van der Waals surface area contributed by atoms with E-state index in [9.17, 15) is 9.59 Å². The lowest BCUT2D eigenvalue weighted by Crippen LogP contribution is -2.51. The van der Waals surface area contributed by atoms with Gasteiger partial charge in [0.25, 0.3) is 5.91 Å². The van der Waals surface area contributed by atoms with Gasteiger partial charge in [0, 0.05) is 30.7 Å². The number of carbonyl (C=O) groups excluding carboxylic acids is 2. The Kier molecular flexibility index (Phi) is 3.57. The van der Waals surface area contributed by atoms with E-state index in [1.165, 1.54) is 0 Å². The Morgan fingerprint density at radius 1 is 1.08 bits per heavy atom. The number of hydrogen-bond donors (Lipinski definition) is 1. The van der Waals surface area contributed by atoms with Crippen LogP contribution in [0.15, 0.2) is 54.7 Å². The van der Waals surface area contributed by atoms with Gasteiger partial charge in [-0.2, -0.15) is 0 Å². The molecule has 0 fully saturated rings. The van der Waals surface area contributed by atoms with Gasteiger partial charge in [-0.15, -0.1) is 0 Å². The van der Waals surface area contributed by atoms with E-state index in [0.717, 1.165) is 22.3 Å². The van der Waals surface area contributed by atoms with Crippen molar-refractivity contribution in [2.24, 2.45) is 0 Å². The zero-order valence-corrected chi connectivity index (χ0v) is 14.2. The van der Waals surface area contributed by atoms with E-state index in [-0.39, 0.29) is 17.9 Å². The highest BCUT2D eigenvalue weighted by molar-refractivity contribution is 6.11. The van der Waals surface area contributed by atoms with Gasteiger partial charge < -0.3 is 14.8 Å². The molecule has 1 aliphatic heterocycles. The summed E-state index contributed by atoms with van der Waals surface area (Å²) in [5.74, 6) is -0.0705. The van der Waals surface area contributed by atoms with Crippen molar-refractivity contribution in [3.63, 3.8) is 0 Å². The first-order chi connectivity index (χ1) is 12.1. The van der Waals surface area contributed by atoms with Gasteiger partial charge >= 0.3 is 0 Å². The van der Waals surface area contributed by atoms with E-state index in [1.807, 2.05) is 61.7 Å². The monoisotopic (exact) mass is 333 g/mol. The third-order valence-electron chi connectivity index (χ3n) is 4.71. The van der Waals surface area contributed by atoms with Gasteiger partial charge in [-0.25, -0.2) is 0 Å². The van der Waals surface area contributed by atoms with Crippen LogP contribution < -0.4 is 9.80 Å². The lowest BCUT2D eigenvalue weighted by molar-refractivity contribution is -0.117. The number of para-hydroxylation sites is 2. The maximum Gasteiger partial charge on any atom is 0.258 e. The van der Waals surface area contributed by atoms with Crippen molar-refractivity contribution in [1.29, 1.82) is 0 Å². The Balaban J connectivity index is 1.77. The molecule has 0 radical (unpaired) electrons. The molecule has 4 rings (SSSR count). The summed E-state index contributed by atoms with van der Waals surface area (Å²) in [6.07, 6.45) is 1.86. The first kappa shape index (κ1) is 15.4. The molecule has 0 unspecified atom stereocenters. The first-order valence-electron chi connectivity index (χ1n) is 8.34. The zero-order chi connectivity index (χ0) is 17.6. The number of carbonyl (C=O) groups is 2. The molecule has 1 N–H and O–H groups in total. The second kappa shape index (κ2) is 5.77. The number of aromatic nitrogens is 1. The van der Waals surface area contributed by atoms with Gasteiger partial charge in [0.1, 0.15) is 0 Å². The number of H-pyrrole nitrogens is 1. The molecule has 1 aliphatic rings. The van der Waals surface area contributed by atoms with Crippen molar-refractivity contribution in [2.75, 3.05) is 16.3 Å². The standard InChI is InChI=1S/C20H19N3O2/c1-13-12-22(18-5-3-4-6-19(18)23(13)14(2)24)20(25)16-8-7-15-9-10-21-17(15)11-16/h3-11,13,21H,12H2,1-2H3/t13-/m0/s1. The molecule has 2 amide bonds. The summed E-state index contributed by atoms with van der Waals surface area (Å²) in [6, 6.07) is 15.1. The van der Waals surface area contributed by atoms with Crippen LogP contribution in [0.4, 0.5) is 11.4 Å². The number of amides is 2. The summed E-state index contributed by atoms with van der Waals surface area (Å²) < 4.78 is 0.